The third-order valence-electron chi connectivity index (χ3n) is 2.23. The molecule has 1 aliphatic heterocycles. The van der Waals surface area contributed by atoms with Crippen molar-refractivity contribution in [3.05, 3.63) is 30.8 Å². The first-order chi connectivity index (χ1) is 4.97. The van der Waals surface area contributed by atoms with E-state index in [1.807, 2.05) is 0 Å². The maximum atomic E-state index is 3.27. The van der Waals surface area contributed by atoms with Crippen LogP contribution in [0, 0.1) is 18.4 Å². The molecule has 1 nitrogen and oxygen atoms in total. The topological polar surface area (TPSA) is 12.0 Å². The highest BCUT2D eigenvalue weighted by Crippen LogP contribution is 2.26. The molecule has 0 aromatic heterocycles. The molecule has 10 heavy (non-hydrogen) atoms. The van der Waals surface area contributed by atoms with Crippen LogP contribution in [0.3, 0.4) is 0 Å². The number of nitrogens with one attached hydrogen (secondary N) is 1. The molecule has 0 spiro atoms. The molecular weight excluding hydrogens is 122 g/mol. The number of fused-ring (bicyclic) bond motifs is 1. The Balaban J connectivity index is 2.09. The van der Waals surface area contributed by atoms with Gasteiger partial charge < -0.3 is 5.32 Å². The molecule has 1 radical (unpaired) electrons. The van der Waals surface area contributed by atoms with Crippen molar-refractivity contribution in [3.63, 3.8) is 0 Å². The molecule has 1 aliphatic carbocycles. The smallest absolute Gasteiger partial charge is 0.0295 e. The second-order valence-electron chi connectivity index (χ2n) is 2.92. The molecule has 2 unspecified atom stereocenters. The van der Waals surface area contributed by atoms with Crippen LogP contribution in [0.25, 0.3) is 0 Å². The summed E-state index contributed by atoms with van der Waals surface area (Å²) in [6, 6.07) is 0. The maximum absolute atomic E-state index is 3.27. The molecule has 2 aliphatic rings. The van der Waals surface area contributed by atoms with Gasteiger partial charge in [0, 0.05) is 12.5 Å². The Labute approximate surface area is 61.8 Å². The molecule has 1 N–H and O–H groups in total. The van der Waals surface area contributed by atoms with E-state index >= 15 is 0 Å². The lowest BCUT2D eigenvalue weighted by atomic mass is 9.84. The highest BCUT2D eigenvalue weighted by Gasteiger charge is 2.21. The molecule has 1 fully saturated rings. The third kappa shape index (κ3) is 1.01. The second-order valence-corrected chi connectivity index (χ2v) is 2.92. The minimum absolute atomic E-state index is 0.652. The summed E-state index contributed by atoms with van der Waals surface area (Å²) >= 11 is 0. The Morgan fingerprint density at radius 3 is 3.00 bits per heavy atom. The Morgan fingerprint density at radius 2 is 2.10 bits per heavy atom. The van der Waals surface area contributed by atoms with Gasteiger partial charge in [0.1, 0.15) is 0 Å². The lowest BCUT2D eigenvalue weighted by Gasteiger charge is -2.28. The van der Waals surface area contributed by atoms with Crippen LogP contribution in [-0.4, -0.2) is 6.54 Å². The predicted octanol–water partition coefficient (Wildman–Crippen LogP) is 1.50. The fourth-order valence-electron chi connectivity index (χ4n) is 1.61. The van der Waals surface area contributed by atoms with Gasteiger partial charge >= 0.3 is 0 Å². The highest BCUT2D eigenvalue weighted by molar-refractivity contribution is 5.17. The largest absolute Gasteiger partial charge is 0.312 e. The van der Waals surface area contributed by atoms with Crippen LogP contribution in [0.2, 0.25) is 0 Å². The van der Waals surface area contributed by atoms with Crippen molar-refractivity contribution >= 4 is 0 Å². The van der Waals surface area contributed by atoms with Gasteiger partial charge in [-0.05, 0) is 18.9 Å². The van der Waals surface area contributed by atoms with Gasteiger partial charge in [-0.3, -0.25) is 0 Å². The number of rotatable bonds is 0. The average molecular weight is 134 g/mol. The van der Waals surface area contributed by atoms with E-state index in [9.17, 15) is 0 Å². The van der Waals surface area contributed by atoms with Crippen LogP contribution in [0.5, 0.6) is 0 Å². The average Bonchev–Trinajstić information content (AvgIpc) is 2.05. The quantitative estimate of drug-likeness (QED) is 0.529. The van der Waals surface area contributed by atoms with Gasteiger partial charge in [-0.2, -0.15) is 0 Å². The van der Waals surface area contributed by atoms with Crippen molar-refractivity contribution in [3.8, 4) is 0 Å². The Kier molecular flexibility index (Phi) is 1.60. The number of hydrogen-bond acceptors (Lipinski definition) is 1. The van der Waals surface area contributed by atoms with E-state index in [4.69, 9.17) is 0 Å². The van der Waals surface area contributed by atoms with Gasteiger partial charge in [-0.15, -0.1) is 0 Å². The zero-order valence-electron chi connectivity index (χ0n) is 5.96. The van der Waals surface area contributed by atoms with Gasteiger partial charge in [0.15, 0.2) is 0 Å². The van der Waals surface area contributed by atoms with Crippen LogP contribution >= 0.6 is 0 Å². The summed E-state index contributed by atoms with van der Waals surface area (Å²) < 4.78 is 0. The summed E-state index contributed by atoms with van der Waals surface area (Å²) in [4.78, 5) is 0. The van der Waals surface area contributed by atoms with E-state index in [1.54, 1.807) is 0 Å². The summed E-state index contributed by atoms with van der Waals surface area (Å²) in [5.74, 6) is 1.42. The zero-order valence-corrected chi connectivity index (χ0v) is 5.96. The van der Waals surface area contributed by atoms with E-state index in [1.165, 1.54) is 6.42 Å². The van der Waals surface area contributed by atoms with Gasteiger partial charge in [-0.1, -0.05) is 24.3 Å². The molecule has 1 heterocycles. The zero-order chi connectivity index (χ0) is 6.81. The summed E-state index contributed by atoms with van der Waals surface area (Å²) in [5, 5.41) is 3.27. The summed E-state index contributed by atoms with van der Waals surface area (Å²) in [6.45, 7) is 3.34. The fourth-order valence-corrected chi connectivity index (χ4v) is 1.61. The Hall–Kier alpha value is -0.560. The van der Waals surface area contributed by atoms with E-state index < -0.39 is 0 Å². The molecule has 0 amide bonds. The standard InChI is InChI=1S/C9H12N/c1-2-4-9-7-10-6-5-8(9)3-1/h1-4,7-10H,5-6H2. The van der Waals surface area contributed by atoms with Crippen LogP contribution in [0.1, 0.15) is 6.42 Å². The summed E-state index contributed by atoms with van der Waals surface area (Å²) in [7, 11) is 0. The van der Waals surface area contributed by atoms with E-state index in [0.717, 1.165) is 12.5 Å². The number of hydrogen-bond donors (Lipinski definition) is 1. The van der Waals surface area contributed by atoms with E-state index in [2.05, 4.69) is 36.2 Å². The molecule has 2 rings (SSSR count). The number of piperidine rings is 1. The van der Waals surface area contributed by atoms with Crippen LogP contribution in [0.15, 0.2) is 24.3 Å². The summed E-state index contributed by atoms with van der Waals surface area (Å²) in [5.41, 5.74) is 0. The van der Waals surface area contributed by atoms with Crippen molar-refractivity contribution in [2.24, 2.45) is 11.8 Å². The number of allylic oxidation sites excluding steroid dienone is 3. The Morgan fingerprint density at radius 1 is 1.20 bits per heavy atom. The van der Waals surface area contributed by atoms with Crippen molar-refractivity contribution in [1.82, 2.24) is 5.32 Å². The minimum Gasteiger partial charge on any atom is -0.312 e. The first-order valence-corrected chi connectivity index (χ1v) is 3.88. The van der Waals surface area contributed by atoms with Gasteiger partial charge in [0.2, 0.25) is 0 Å². The van der Waals surface area contributed by atoms with Gasteiger partial charge in [0.25, 0.3) is 0 Å². The predicted molar refractivity (Wildman–Crippen MR) is 42.2 cm³/mol. The first kappa shape index (κ1) is 6.17. The second kappa shape index (κ2) is 2.59. The van der Waals surface area contributed by atoms with Crippen molar-refractivity contribution in [2.75, 3.05) is 6.54 Å². The minimum atomic E-state index is 0.652. The van der Waals surface area contributed by atoms with E-state index in [0.29, 0.717) is 5.92 Å². The van der Waals surface area contributed by atoms with Crippen molar-refractivity contribution in [1.29, 1.82) is 0 Å². The van der Waals surface area contributed by atoms with E-state index in [-0.39, 0.29) is 0 Å². The molecule has 0 bridgehead atoms. The fraction of sp³-hybridized carbons (Fsp3) is 0.444. The highest BCUT2D eigenvalue weighted by atomic mass is 14.9. The van der Waals surface area contributed by atoms with Crippen LogP contribution in [-0.2, 0) is 0 Å². The van der Waals surface area contributed by atoms with Gasteiger partial charge in [0.05, 0.1) is 0 Å². The monoisotopic (exact) mass is 134 g/mol. The lowest BCUT2D eigenvalue weighted by Crippen LogP contribution is -2.30. The SMILES string of the molecule is [CH]1NCCC2C=CC=CC12. The molecule has 2 atom stereocenters. The molecule has 0 aromatic carbocycles. The lowest BCUT2D eigenvalue weighted by molar-refractivity contribution is 0.402. The van der Waals surface area contributed by atoms with Crippen molar-refractivity contribution in [2.45, 2.75) is 6.42 Å². The van der Waals surface area contributed by atoms with Crippen LogP contribution in [0.4, 0.5) is 0 Å². The first-order valence-electron chi connectivity index (χ1n) is 3.88. The normalized spacial score (nSPS) is 37.6. The third-order valence-corrected chi connectivity index (χ3v) is 2.23. The van der Waals surface area contributed by atoms with Crippen molar-refractivity contribution < 1.29 is 0 Å². The maximum Gasteiger partial charge on any atom is 0.0295 e. The van der Waals surface area contributed by atoms with Crippen LogP contribution < -0.4 is 5.32 Å². The summed E-state index contributed by atoms with van der Waals surface area (Å²) in [6.07, 6.45) is 10.1. The molecule has 1 saturated heterocycles. The molecule has 53 valence electrons. The van der Waals surface area contributed by atoms with Gasteiger partial charge in [-0.25, -0.2) is 0 Å². The molecule has 0 aromatic rings. The molecule has 0 saturated carbocycles. The molecule has 1 heteroatoms. The Bertz CT molecular complexity index is 150. The molecular formula is C9H12N.